The lowest BCUT2D eigenvalue weighted by atomic mass is 9.97. The van der Waals surface area contributed by atoms with Crippen molar-refractivity contribution in [3.63, 3.8) is 0 Å². The van der Waals surface area contributed by atoms with Crippen LogP contribution in [0.15, 0.2) is 60.4 Å². The van der Waals surface area contributed by atoms with E-state index in [9.17, 15) is 4.79 Å². The summed E-state index contributed by atoms with van der Waals surface area (Å²) >= 11 is 0. The lowest BCUT2D eigenvalue weighted by Gasteiger charge is -2.36. The fourth-order valence-electron chi connectivity index (χ4n) is 5.26. The van der Waals surface area contributed by atoms with Crippen LogP contribution in [-0.2, 0) is 4.79 Å². The van der Waals surface area contributed by atoms with Gasteiger partial charge in [0.25, 0.3) is 5.91 Å². The lowest BCUT2D eigenvalue weighted by Crippen LogP contribution is -2.47. The number of aromatic amines is 1. The largest absolute Gasteiger partial charge is 0.369 e. The Bertz CT molecular complexity index is 1170. The highest BCUT2D eigenvalue weighted by Crippen LogP contribution is 2.40. The van der Waals surface area contributed by atoms with Crippen molar-refractivity contribution in [3.8, 4) is 0 Å². The van der Waals surface area contributed by atoms with Gasteiger partial charge in [-0.3, -0.25) is 14.6 Å². The molecule has 6 rings (SSSR count). The average molecular weight is 428 g/mol. The number of rotatable bonds is 5. The highest BCUT2D eigenvalue weighted by atomic mass is 16.2. The third-order valence-electron chi connectivity index (χ3n) is 7.20. The Balaban J connectivity index is 1.26. The van der Waals surface area contributed by atoms with Gasteiger partial charge in [-0.1, -0.05) is 19.1 Å². The van der Waals surface area contributed by atoms with Crippen LogP contribution in [-0.4, -0.2) is 53.0 Å². The minimum absolute atomic E-state index is 0.0472. The molecule has 3 aromatic rings. The molecule has 164 valence electrons. The summed E-state index contributed by atoms with van der Waals surface area (Å²) in [4.78, 5) is 27.5. The van der Waals surface area contributed by atoms with Crippen LogP contribution in [0.2, 0.25) is 0 Å². The summed E-state index contributed by atoms with van der Waals surface area (Å²) in [5, 5.41) is 0. The topological polar surface area (TPSA) is 55.5 Å². The molecule has 1 N–H and O–H groups in total. The van der Waals surface area contributed by atoms with Crippen molar-refractivity contribution < 1.29 is 4.79 Å². The number of H-pyrrole nitrogens is 1. The summed E-state index contributed by atoms with van der Waals surface area (Å²) in [5.74, 6) is 0.0472. The molecule has 1 aliphatic carbocycles. The number of nitrogens with zero attached hydrogens (tertiary/aromatic N) is 4. The second kappa shape index (κ2) is 7.78. The highest BCUT2D eigenvalue weighted by molar-refractivity contribution is 6.06. The van der Waals surface area contributed by atoms with Crippen LogP contribution in [0.4, 0.5) is 11.4 Å². The Morgan fingerprint density at radius 2 is 1.75 bits per heavy atom. The van der Waals surface area contributed by atoms with E-state index in [-0.39, 0.29) is 11.9 Å². The van der Waals surface area contributed by atoms with Gasteiger partial charge in [-0.05, 0) is 60.7 Å². The third-order valence-corrected chi connectivity index (χ3v) is 7.20. The SMILES string of the molecule is CCC1=CC(=O)N(c2ccc3nc[nH]c3c2)C1c1ccc(N2CCN(C3CC3)CC2)cc1. The first-order valence-electron chi connectivity index (χ1n) is 11.8. The van der Waals surface area contributed by atoms with E-state index in [0.717, 1.165) is 66.5 Å². The summed E-state index contributed by atoms with van der Waals surface area (Å²) < 4.78 is 0. The van der Waals surface area contributed by atoms with E-state index in [0.29, 0.717) is 0 Å². The molecular formula is C26H29N5O. The van der Waals surface area contributed by atoms with Crippen molar-refractivity contribution >= 4 is 28.3 Å². The normalized spacial score (nSPS) is 22.1. The number of benzene rings is 2. The molecule has 1 atom stereocenters. The summed E-state index contributed by atoms with van der Waals surface area (Å²) in [6.07, 6.45) is 7.12. The van der Waals surface area contributed by atoms with E-state index >= 15 is 0 Å². The molecule has 1 unspecified atom stereocenters. The third kappa shape index (κ3) is 3.39. The van der Waals surface area contributed by atoms with E-state index in [4.69, 9.17) is 0 Å². The van der Waals surface area contributed by atoms with Crippen molar-refractivity contribution in [2.24, 2.45) is 0 Å². The van der Waals surface area contributed by atoms with E-state index in [2.05, 4.69) is 51.0 Å². The maximum Gasteiger partial charge on any atom is 0.251 e. The number of nitrogens with one attached hydrogen (secondary N) is 1. The minimum atomic E-state index is -0.0614. The Labute approximate surface area is 188 Å². The monoisotopic (exact) mass is 427 g/mol. The molecule has 1 aromatic heterocycles. The summed E-state index contributed by atoms with van der Waals surface area (Å²) in [5.41, 5.74) is 6.35. The lowest BCUT2D eigenvalue weighted by molar-refractivity contribution is -0.113. The molecule has 2 aliphatic heterocycles. The molecule has 0 bridgehead atoms. The van der Waals surface area contributed by atoms with Gasteiger partial charge >= 0.3 is 0 Å². The highest BCUT2D eigenvalue weighted by Gasteiger charge is 2.35. The second-order valence-corrected chi connectivity index (χ2v) is 9.13. The maximum absolute atomic E-state index is 13.0. The first-order valence-corrected chi connectivity index (χ1v) is 11.8. The molecule has 0 spiro atoms. The zero-order valence-corrected chi connectivity index (χ0v) is 18.5. The number of imidazole rings is 1. The molecule has 6 heteroatoms. The molecule has 0 radical (unpaired) electrons. The molecule has 2 fully saturated rings. The molecule has 2 aromatic carbocycles. The van der Waals surface area contributed by atoms with E-state index in [1.54, 1.807) is 6.33 Å². The number of carbonyl (C=O) groups is 1. The summed E-state index contributed by atoms with van der Waals surface area (Å²) in [7, 11) is 0. The van der Waals surface area contributed by atoms with Gasteiger partial charge in [-0.25, -0.2) is 4.98 Å². The van der Waals surface area contributed by atoms with Gasteiger partial charge in [-0.2, -0.15) is 0 Å². The van der Waals surface area contributed by atoms with Gasteiger partial charge in [0.05, 0.1) is 23.4 Å². The van der Waals surface area contributed by atoms with Crippen molar-refractivity contribution in [1.29, 1.82) is 0 Å². The molecule has 32 heavy (non-hydrogen) atoms. The van der Waals surface area contributed by atoms with Crippen LogP contribution in [0.5, 0.6) is 0 Å². The van der Waals surface area contributed by atoms with Crippen molar-refractivity contribution in [1.82, 2.24) is 14.9 Å². The number of aromatic nitrogens is 2. The van der Waals surface area contributed by atoms with Gasteiger partial charge in [0.1, 0.15) is 0 Å². The maximum atomic E-state index is 13.0. The summed E-state index contributed by atoms with van der Waals surface area (Å²) in [6.45, 7) is 6.63. The zero-order chi connectivity index (χ0) is 21.7. The van der Waals surface area contributed by atoms with Crippen LogP contribution in [0, 0.1) is 0 Å². The van der Waals surface area contributed by atoms with Gasteiger partial charge in [0, 0.05) is 49.7 Å². The standard InChI is InChI=1S/C26H29N5O/c1-2-18-15-25(32)31(22-9-10-23-24(16-22)28-17-27-23)26(18)19-3-5-20(6-4-19)29-11-13-30(14-12-29)21-7-8-21/h3-6,9-10,15-17,21,26H,2,7-8,11-14H2,1H3,(H,27,28). The average Bonchev–Trinajstić information content (AvgIpc) is 3.48. The summed E-state index contributed by atoms with van der Waals surface area (Å²) in [6, 6.07) is 15.7. The minimum Gasteiger partial charge on any atom is -0.369 e. The van der Waals surface area contributed by atoms with Gasteiger partial charge < -0.3 is 9.88 Å². The van der Waals surface area contributed by atoms with E-state index < -0.39 is 0 Å². The number of anilines is 2. The predicted octanol–water partition coefficient (Wildman–Crippen LogP) is 4.27. The van der Waals surface area contributed by atoms with Crippen LogP contribution in [0.3, 0.4) is 0 Å². The number of hydrogen-bond acceptors (Lipinski definition) is 4. The first-order chi connectivity index (χ1) is 15.7. The number of piperazine rings is 1. The number of fused-ring (bicyclic) bond motifs is 1. The molecule has 1 saturated carbocycles. The van der Waals surface area contributed by atoms with Gasteiger partial charge in [0.2, 0.25) is 0 Å². The molecule has 1 saturated heterocycles. The van der Waals surface area contributed by atoms with E-state index in [1.165, 1.54) is 18.5 Å². The van der Waals surface area contributed by atoms with Gasteiger partial charge in [0.15, 0.2) is 0 Å². The fraction of sp³-hybridized carbons (Fsp3) is 0.385. The zero-order valence-electron chi connectivity index (χ0n) is 18.5. The Kier molecular flexibility index (Phi) is 4.76. The number of carbonyl (C=O) groups excluding carboxylic acids is 1. The molecule has 1 amide bonds. The molecule has 3 aliphatic rings. The second-order valence-electron chi connectivity index (χ2n) is 9.13. The van der Waals surface area contributed by atoms with Crippen LogP contribution in [0.25, 0.3) is 11.0 Å². The number of amides is 1. The van der Waals surface area contributed by atoms with Crippen molar-refractivity contribution in [2.45, 2.75) is 38.3 Å². The van der Waals surface area contributed by atoms with Crippen LogP contribution < -0.4 is 9.80 Å². The molecule has 6 nitrogen and oxygen atoms in total. The smallest absolute Gasteiger partial charge is 0.251 e. The fourth-order valence-corrected chi connectivity index (χ4v) is 5.26. The Morgan fingerprint density at radius 1 is 1.00 bits per heavy atom. The first kappa shape index (κ1) is 19.6. The quantitative estimate of drug-likeness (QED) is 0.661. The predicted molar refractivity (Wildman–Crippen MR) is 128 cm³/mol. The number of hydrogen-bond donors (Lipinski definition) is 1. The van der Waals surface area contributed by atoms with E-state index in [1.807, 2.05) is 29.2 Å². The molecule has 3 heterocycles. The Morgan fingerprint density at radius 3 is 2.47 bits per heavy atom. The van der Waals surface area contributed by atoms with Gasteiger partial charge in [-0.15, -0.1) is 0 Å². The van der Waals surface area contributed by atoms with Crippen LogP contribution >= 0.6 is 0 Å². The Hall–Kier alpha value is -3.12. The van der Waals surface area contributed by atoms with Crippen molar-refractivity contribution in [3.05, 3.63) is 66.0 Å². The molecular weight excluding hydrogens is 398 g/mol. The van der Waals surface area contributed by atoms with Crippen molar-refractivity contribution in [2.75, 3.05) is 36.0 Å². The van der Waals surface area contributed by atoms with Crippen LogP contribution in [0.1, 0.15) is 37.8 Å².